The van der Waals surface area contributed by atoms with Crippen molar-refractivity contribution >= 4 is 0 Å². The van der Waals surface area contributed by atoms with Gasteiger partial charge in [0.2, 0.25) is 0 Å². The van der Waals surface area contributed by atoms with E-state index in [-0.39, 0.29) is 29.6 Å². The van der Waals surface area contributed by atoms with Gasteiger partial charge in [-0.2, -0.15) is 0 Å². The van der Waals surface area contributed by atoms with Crippen LogP contribution in [0.5, 0.6) is 0 Å². The molecule has 1 N–H and O–H groups in total. The van der Waals surface area contributed by atoms with Crippen LogP contribution < -0.4 is 34.9 Å². The van der Waals surface area contributed by atoms with Crippen LogP contribution in [0.4, 0.5) is 0 Å². The molecule has 1 heterocycles. The van der Waals surface area contributed by atoms with Crippen molar-refractivity contribution in [2.24, 2.45) is 0 Å². The summed E-state index contributed by atoms with van der Waals surface area (Å²) in [5.41, 5.74) is 0. The molecule has 0 atom stereocenters. The second-order valence-electron chi connectivity index (χ2n) is 1.46. The van der Waals surface area contributed by atoms with E-state index >= 15 is 0 Å². The van der Waals surface area contributed by atoms with E-state index in [2.05, 4.69) is 5.32 Å². The quantitative estimate of drug-likeness (QED) is 0.324. The number of rotatable bonds is 0. The predicted molar refractivity (Wildman–Crippen MR) is 22.1 cm³/mol. The monoisotopic (exact) mass is 94.1 g/mol. The molecule has 6 heavy (non-hydrogen) atoms. The van der Waals surface area contributed by atoms with Crippen molar-refractivity contribution in [3.05, 3.63) is 0 Å². The molecule has 1 nitrogen and oxygen atoms in total. The molecule has 0 spiro atoms. The minimum Gasteiger partial charge on any atom is -0.317 e. The van der Waals surface area contributed by atoms with E-state index in [4.69, 9.17) is 0 Å². The van der Waals surface area contributed by atoms with Crippen LogP contribution >= 0.6 is 0 Å². The van der Waals surface area contributed by atoms with Crippen molar-refractivity contribution in [1.29, 1.82) is 0 Å². The van der Waals surface area contributed by atoms with Gasteiger partial charge < -0.3 is 5.32 Å². The van der Waals surface area contributed by atoms with Gasteiger partial charge in [-0.15, -0.1) is 0 Å². The van der Waals surface area contributed by atoms with Gasteiger partial charge in [0.1, 0.15) is 0 Å². The molecule has 1 aliphatic heterocycles. The van der Waals surface area contributed by atoms with E-state index in [1.807, 2.05) is 0 Å². The van der Waals surface area contributed by atoms with Crippen molar-refractivity contribution in [3.8, 4) is 0 Å². The van der Waals surface area contributed by atoms with Gasteiger partial charge in [-0.1, -0.05) is 0 Å². The Morgan fingerprint density at radius 3 is 1.67 bits per heavy atom. The Labute approximate surface area is 60.8 Å². The largest absolute Gasteiger partial charge is 1.00 e. The van der Waals surface area contributed by atoms with Gasteiger partial charge in [-0.3, -0.25) is 0 Å². The third kappa shape index (κ3) is 2.19. The molecule has 0 saturated carbocycles. The SMILES string of the molecule is C1CCNC1.[Na+]. The summed E-state index contributed by atoms with van der Waals surface area (Å²) in [7, 11) is 0. The molecule has 0 bridgehead atoms. The summed E-state index contributed by atoms with van der Waals surface area (Å²) in [6.45, 7) is 2.50. The molecular formula is C4H9NNa+. The summed E-state index contributed by atoms with van der Waals surface area (Å²) in [5.74, 6) is 0. The maximum absolute atomic E-state index is 3.22. The fourth-order valence-corrected chi connectivity index (χ4v) is 0.625. The fourth-order valence-electron chi connectivity index (χ4n) is 0.625. The zero-order chi connectivity index (χ0) is 3.54. The molecule has 0 aliphatic carbocycles. The van der Waals surface area contributed by atoms with Crippen LogP contribution in [-0.4, -0.2) is 13.1 Å². The third-order valence-corrected chi connectivity index (χ3v) is 0.957. The first-order valence-electron chi connectivity index (χ1n) is 2.21. The van der Waals surface area contributed by atoms with Crippen molar-refractivity contribution in [2.75, 3.05) is 13.1 Å². The van der Waals surface area contributed by atoms with Crippen LogP contribution in [0.1, 0.15) is 12.8 Å². The van der Waals surface area contributed by atoms with Gasteiger partial charge in [-0.05, 0) is 25.9 Å². The zero-order valence-corrected chi connectivity index (χ0v) is 6.33. The summed E-state index contributed by atoms with van der Waals surface area (Å²) >= 11 is 0. The van der Waals surface area contributed by atoms with Crippen molar-refractivity contribution in [1.82, 2.24) is 5.32 Å². The Morgan fingerprint density at radius 1 is 1.00 bits per heavy atom. The normalized spacial score (nSPS) is 20.0. The molecule has 0 unspecified atom stereocenters. The summed E-state index contributed by atoms with van der Waals surface area (Å²) in [6, 6.07) is 0. The maximum Gasteiger partial charge on any atom is 1.00 e. The van der Waals surface area contributed by atoms with Crippen LogP contribution in [0.3, 0.4) is 0 Å². The number of nitrogens with one attached hydrogen (secondary N) is 1. The molecule has 0 amide bonds. The van der Waals surface area contributed by atoms with Gasteiger partial charge in [0, 0.05) is 0 Å². The maximum atomic E-state index is 3.22. The number of hydrogen-bond acceptors (Lipinski definition) is 1. The molecule has 2 heteroatoms. The van der Waals surface area contributed by atoms with E-state index in [1.54, 1.807) is 0 Å². The number of hydrogen-bond donors (Lipinski definition) is 1. The Morgan fingerprint density at radius 2 is 1.50 bits per heavy atom. The van der Waals surface area contributed by atoms with E-state index in [0.29, 0.717) is 0 Å². The van der Waals surface area contributed by atoms with Crippen molar-refractivity contribution < 1.29 is 29.6 Å². The van der Waals surface area contributed by atoms with Crippen LogP contribution in [0.25, 0.3) is 0 Å². The van der Waals surface area contributed by atoms with E-state index in [1.165, 1.54) is 25.9 Å². The van der Waals surface area contributed by atoms with Crippen molar-refractivity contribution in [2.45, 2.75) is 12.8 Å². The van der Waals surface area contributed by atoms with Gasteiger partial charge in [-0.25, -0.2) is 0 Å². The first-order chi connectivity index (χ1) is 2.50. The standard InChI is InChI=1S/C4H9N.Na/c1-2-4-5-3-1;/h5H,1-4H2;/q;+1. The molecule has 0 aromatic heterocycles. The fraction of sp³-hybridized carbons (Fsp3) is 1.00. The topological polar surface area (TPSA) is 12.0 Å². The van der Waals surface area contributed by atoms with Crippen LogP contribution in [-0.2, 0) is 0 Å². The molecule has 1 fully saturated rings. The molecule has 0 radical (unpaired) electrons. The third-order valence-electron chi connectivity index (χ3n) is 0.957. The summed E-state index contributed by atoms with van der Waals surface area (Å²) in [5, 5.41) is 3.22. The molecule has 0 aromatic rings. The Kier molecular flexibility index (Phi) is 4.79. The predicted octanol–water partition coefficient (Wildman–Crippen LogP) is -2.63. The zero-order valence-electron chi connectivity index (χ0n) is 4.33. The summed E-state index contributed by atoms with van der Waals surface area (Å²) in [4.78, 5) is 0. The van der Waals surface area contributed by atoms with E-state index < -0.39 is 0 Å². The van der Waals surface area contributed by atoms with Crippen LogP contribution in [0, 0.1) is 0 Å². The van der Waals surface area contributed by atoms with E-state index in [9.17, 15) is 0 Å². The average Bonchev–Trinajstić information content (AvgIpc) is 1.76. The molecular weight excluding hydrogens is 85.0 g/mol. The summed E-state index contributed by atoms with van der Waals surface area (Å²) in [6.07, 6.45) is 2.78. The van der Waals surface area contributed by atoms with Gasteiger partial charge in [0.15, 0.2) is 0 Å². The first-order valence-corrected chi connectivity index (χ1v) is 2.21. The van der Waals surface area contributed by atoms with Gasteiger partial charge >= 0.3 is 29.6 Å². The Hall–Kier alpha value is 0.960. The molecule has 30 valence electrons. The molecule has 1 saturated heterocycles. The molecule has 1 aliphatic rings. The second-order valence-corrected chi connectivity index (χ2v) is 1.46. The van der Waals surface area contributed by atoms with E-state index in [0.717, 1.165) is 0 Å². The Bertz CT molecular complexity index is 19.1. The summed E-state index contributed by atoms with van der Waals surface area (Å²) < 4.78 is 0. The first kappa shape index (κ1) is 6.96. The average molecular weight is 94.1 g/mol. The minimum absolute atomic E-state index is 0. The minimum atomic E-state index is 0. The second kappa shape index (κ2) is 4.13. The van der Waals surface area contributed by atoms with Gasteiger partial charge in [0.25, 0.3) is 0 Å². The smallest absolute Gasteiger partial charge is 0.317 e. The van der Waals surface area contributed by atoms with Crippen LogP contribution in [0.15, 0.2) is 0 Å². The molecule has 0 aromatic carbocycles. The molecule has 1 rings (SSSR count). The van der Waals surface area contributed by atoms with Crippen LogP contribution in [0.2, 0.25) is 0 Å². The Balaban J connectivity index is 0.000000250. The van der Waals surface area contributed by atoms with Gasteiger partial charge in [0.05, 0.1) is 0 Å². The van der Waals surface area contributed by atoms with Crippen molar-refractivity contribution in [3.63, 3.8) is 0 Å².